The summed E-state index contributed by atoms with van der Waals surface area (Å²) in [5.41, 5.74) is 0. The minimum Gasteiger partial charge on any atom is -0.382 e. The molecule has 14 heavy (non-hydrogen) atoms. The Morgan fingerprint density at radius 1 is 0.786 bits per heavy atom. The molecule has 0 spiro atoms. The van der Waals surface area contributed by atoms with Crippen LogP contribution in [0, 0.1) is 0 Å². The SMILES string of the molecule is COCCOCCC(OC)(OC)OC. The Morgan fingerprint density at radius 2 is 1.36 bits per heavy atom. The third kappa shape index (κ3) is 4.88. The fraction of sp³-hybridized carbons (Fsp3) is 1.00. The Balaban J connectivity index is 3.61. The summed E-state index contributed by atoms with van der Waals surface area (Å²) in [5, 5.41) is 0. The molecule has 0 aromatic heterocycles. The molecule has 0 unspecified atom stereocenters. The summed E-state index contributed by atoms with van der Waals surface area (Å²) in [6, 6.07) is 0. The molecule has 0 aromatic carbocycles. The Hall–Kier alpha value is -0.200. The summed E-state index contributed by atoms with van der Waals surface area (Å²) in [7, 11) is 6.22. The van der Waals surface area contributed by atoms with E-state index in [9.17, 15) is 0 Å². The van der Waals surface area contributed by atoms with Gasteiger partial charge in [-0.1, -0.05) is 0 Å². The summed E-state index contributed by atoms with van der Waals surface area (Å²) >= 11 is 0. The van der Waals surface area contributed by atoms with Crippen molar-refractivity contribution in [1.82, 2.24) is 0 Å². The first-order chi connectivity index (χ1) is 6.74. The van der Waals surface area contributed by atoms with Crippen LogP contribution in [-0.2, 0) is 23.7 Å². The van der Waals surface area contributed by atoms with Crippen LogP contribution in [0.3, 0.4) is 0 Å². The van der Waals surface area contributed by atoms with Crippen LogP contribution in [0.25, 0.3) is 0 Å². The molecular weight excluding hydrogens is 188 g/mol. The van der Waals surface area contributed by atoms with E-state index < -0.39 is 5.97 Å². The van der Waals surface area contributed by atoms with E-state index in [1.165, 1.54) is 21.3 Å². The van der Waals surface area contributed by atoms with Gasteiger partial charge in [0.05, 0.1) is 26.2 Å². The van der Waals surface area contributed by atoms with Crippen molar-refractivity contribution in [2.75, 3.05) is 48.3 Å². The zero-order valence-electron chi connectivity index (χ0n) is 9.37. The molecule has 0 aliphatic carbocycles. The highest BCUT2D eigenvalue weighted by Gasteiger charge is 2.28. The molecule has 0 aliphatic rings. The van der Waals surface area contributed by atoms with E-state index in [0.717, 1.165) is 0 Å². The molecular formula is C9H20O5. The lowest BCUT2D eigenvalue weighted by molar-refractivity contribution is -0.357. The van der Waals surface area contributed by atoms with Gasteiger partial charge in [-0.15, -0.1) is 0 Å². The van der Waals surface area contributed by atoms with E-state index >= 15 is 0 Å². The van der Waals surface area contributed by atoms with Crippen LogP contribution >= 0.6 is 0 Å². The lowest BCUT2D eigenvalue weighted by atomic mass is 10.4. The van der Waals surface area contributed by atoms with Gasteiger partial charge in [-0.3, -0.25) is 0 Å². The summed E-state index contributed by atoms with van der Waals surface area (Å²) in [5.74, 6) is -0.993. The van der Waals surface area contributed by atoms with Gasteiger partial charge < -0.3 is 23.7 Å². The fourth-order valence-electron chi connectivity index (χ4n) is 0.998. The van der Waals surface area contributed by atoms with Crippen LogP contribution in [0.15, 0.2) is 0 Å². The zero-order chi connectivity index (χ0) is 10.9. The standard InChI is InChI=1S/C9H20O5/c1-10-7-8-14-6-5-9(11-2,12-3)13-4/h5-8H2,1-4H3. The van der Waals surface area contributed by atoms with Crippen molar-refractivity contribution in [3.8, 4) is 0 Å². The number of rotatable bonds is 9. The van der Waals surface area contributed by atoms with Crippen molar-refractivity contribution in [3.63, 3.8) is 0 Å². The molecule has 0 aromatic rings. The second-order valence-corrected chi connectivity index (χ2v) is 2.65. The molecule has 0 fully saturated rings. The smallest absolute Gasteiger partial charge is 0.284 e. The molecule has 0 heterocycles. The summed E-state index contributed by atoms with van der Waals surface area (Å²) < 4.78 is 25.4. The van der Waals surface area contributed by atoms with Crippen LogP contribution in [0.2, 0.25) is 0 Å². The zero-order valence-corrected chi connectivity index (χ0v) is 9.37. The van der Waals surface area contributed by atoms with E-state index in [2.05, 4.69) is 0 Å². The van der Waals surface area contributed by atoms with E-state index in [4.69, 9.17) is 23.7 Å². The Bertz CT molecular complexity index is 116. The van der Waals surface area contributed by atoms with Gasteiger partial charge in [0, 0.05) is 28.4 Å². The van der Waals surface area contributed by atoms with E-state index in [1.54, 1.807) is 7.11 Å². The molecule has 86 valence electrons. The summed E-state index contributed by atoms with van der Waals surface area (Å²) in [6.07, 6.45) is 0.514. The highest BCUT2D eigenvalue weighted by Crippen LogP contribution is 2.16. The first-order valence-corrected chi connectivity index (χ1v) is 4.46. The minimum absolute atomic E-state index is 0.499. The van der Waals surface area contributed by atoms with Gasteiger partial charge in [-0.25, -0.2) is 0 Å². The molecule has 0 radical (unpaired) electrons. The Labute approximate surface area is 85.2 Å². The number of hydrogen-bond donors (Lipinski definition) is 0. The fourth-order valence-corrected chi connectivity index (χ4v) is 0.998. The van der Waals surface area contributed by atoms with Gasteiger partial charge in [0.15, 0.2) is 0 Å². The van der Waals surface area contributed by atoms with Crippen LogP contribution in [0.4, 0.5) is 0 Å². The molecule has 0 rings (SSSR count). The molecule has 0 atom stereocenters. The predicted octanol–water partition coefficient (Wildman–Crippen LogP) is 0.632. The van der Waals surface area contributed by atoms with E-state index in [-0.39, 0.29) is 0 Å². The quantitative estimate of drug-likeness (QED) is 0.411. The molecule has 0 saturated heterocycles. The van der Waals surface area contributed by atoms with Crippen molar-refractivity contribution in [1.29, 1.82) is 0 Å². The molecule has 0 bridgehead atoms. The number of ether oxygens (including phenoxy) is 5. The van der Waals surface area contributed by atoms with Gasteiger partial charge in [0.25, 0.3) is 5.97 Å². The van der Waals surface area contributed by atoms with Crippen LogP contribution < -0.4 is 0 Å². The third-order valence-corrected chi connectivity index (χ3v) is 1.92. The lowest BCUT2D eigenvalue weighted by Crippen LogP contribution is -2.37. The molecule has 0 amide bonds. The van der Waals surface area contributed by atoms with Gasteiger partial charge in [-0.05, 0) is 0 Å². The van der Waals surface area contributed by atoms with Crippen molar-refractivity contribution in [2.45, 2.75) is 12.4 Å². The highest BCUT2D eigenvalue weighted by molar-refractivity contribution is 4.54. The molecule has 0 N–H and O–H groups in total. The highest BCUT2D eigenvalue weighted by atomic mass is 16.9. The van der Waals surface area contributed by atoms with Crippen molar-refractivity contribution in [3.05, 3.63) is 0 Å². The van der Waals surface area contributed by atoms with Gasteiger partial charge in [-0.2, -0.15) is 0 Å². The molecule has 5 nitrogen and oxygen atoms in total. The molecule has 5 heteroatoms. The Morgan fingerprint density at radius 3 is 1.79 bits per heavy atom. The second kappa shape index (κ2) is 8.14. The average molecular weight is 208 g/mol. The maximum Gasteiger partial charge on any atom is 0.284 e. The first kappa shape index (κ1) is 13.8. The topological polar surface area (TPSA) is 46.2 Å². The van der Waals surface area contributed by atoms with Crippen LogP contribution in [-0.4, -0.2) is 54.2 Å². The molecule has 0 aliphatic heterocycles. The summed E-state index contributed by atoms with van der Waals surface area (Å²) in [4.78, 5) is 0. The van der Waals surface area contributed by atoms with E-state index in [0.29, 0.717) is 26.2 Å². The predicted molar refractivity (Wildman–Crippen MR) is 51.1 cm³/mol. The van der Waals surface area contributed by atoms with E-state index in [1.807, 2.05) is 0 Å². The largest absolute Gasteiger partial charge is 0.382 e. The van der Waals surface area contributed by atoms with Crippen molar-refractivity contribution < 1.29 is 23.7 Å². The maximum atomic E-state index is 5.27. The molecule has 0 saturated carbocycles. The Kier molecular flexibility index (Phi) is 8.02. The number of methoxy groups -OCH3 is 4. The first-order valence-electron chi connectivity index (χ1n) is 4.46. The monoisotopic (exact) mass is 208 g/mol. The lowest BCUT2D eigenvalue weighted by Gasteiger charge is -2.28. The summed E-state index contributed by atoms with van der Waals surface area (Å²) in [6.45, 7) is 1.64. The average Bonchev–Trinajstić information content (AvgIpc) is 2.24. The van der Waals surface area contributed by atoms with Gasteiger partial charge in [0.1, 0.15) is 0 Å². The normalized spacial score (nSPS) is 12.0. The van der Waals surface area contributed by atoms with Crippen LogP contribution in [0.1, 0.15) is 6.42 Å². The van der Waals surface area contributed by atoms with Crippen LogP contribution in [0.5, 0.6) is 0 Å². The minimum atomic E-state index is -0.993. The second-order valence-electron chi connectivity index (χ2n) is 2.65. The maximum absolute atomic E-state index is 5.27. The van der Waals surface area contributed by atoms with Crippen molar-refractivity contribution in [2.24, 2.45) is 0 Å². The van der Waals surface area contributed by atoms with Crippen molar-refractivity contribution >= 4 is 0 Å². The van der Waals surface area contributed by atoms with Gasteiger partial charge in [0.2, 0.25) is 0 Å². The third-order valence-electron chi connectivity index (χ3n) is 1.92. The number of hydrogen-bond acceptors (Lipinski definition) is 5. The van der Waals surface area contributed by atoms with Gasteiger partial charge >= 0.3 is 0 Å².